The van der Waals surface area contributed by atoms with Crippen LogP contribution in [0.25, 0.3) is 11.1 Å². The Morgan fingerprint density at radius 3 is 3.08 bits per heavy atom. The average Bonchev–Trinajstić information content (AvgIpc) is 2.57. The number of para-hydroxylation sites is 2. The van der Waals surface area contributed by atoms with E-state index in [4.69, 9.17) is 4.42 Å². The zero-order chi connectivity index (χ0) is 9.10. The molecule has 0 spiro atoms. The van der Waals surface area contributed by atoms with E-state index in [1.165, 1.54) is 0 Å². The first kappa shape index (κ1) is 7.79. The molecular weight excluding hydrogens is 170 g/mol. The van der Waals surface area contributed by atoms with Crippen molar-refractivity contribution in [3.05, 3.63) is 30.2 Å². The van der Waals surface area contributed by atoms with Gasteiger partial charge in [0.15, 0.2) is 12.2 Å². The Morgan fingerprint density at radius 1 is 1.46 bits per heavy atom. The SMILES string of the molecule is O=COCc1nc2ccccc2o1. The Hall–Kier alpha value is -1.84. The third kappa shape index (κ3) is 1.51. The summed E-state index contributed by atoms with van der Waals surface area (Å²) in [6.07, 6.45) is 0. The summed E-state index contributed by atoms with van der Waals surface area (Å²) in [6, 6.07) is 7.38. The predicted octanol–water partition coefficient (Wildman–Crippen LogP) is 1.50. The number of hydrogen-bond acceptors (Lipinski definition) is 4. The van der Waals surface area contributed by atoms with E-state index in [1.54, 1.807) is 0 Å². The molecular formula is C9H7NO3. The van der Waals surface area contributed by atoms with Gasteiger partial charge in [0.1, 0.15) is 5.52 Å². The van der Waals surface area contributed by atoms with Gasteiger partial charge in [0.2, 0.25) is 5.89 Å². The minimum atomic E-state index is 0.0815. The number of benzene rings is 1. The molecule has 0 radical (unpaired) electrons. The molecule has 1 heterocycles. The highest BCUT2D eigenvalue weighted by Gasteiger charge is 2.03. The molecule has 1 aromatic heterocycles. The molecule has 0 N–H and O–H groups in total. The molecule has 0 bridgehead atoms. The summed E-state index contributed by atoms with van der Waals surface area (Å²) in [5.41, 5.74) is 1.47. The first-order chi connectivity index (χ1) is 6.40. The lowest BCUT2D eigenvalue weighted by Crippen LogP contribution is -1.88. The highest BCUT2D eigenvalue weighted by atomic mass is 16.5. The van der Waals surface area contributed by atoms with Crippen LogP contribution in [0.1, 0.15) is 5.89 Å². The van der Waals surface area contributed by atoms with Crippen LogP contribution in [-0.2, 0) is 16.1 Å². The van der Waals surface area contributed by atoms with Gasteiger partial charge in [-0.05, 0) is 12.1 Å². The second-order valence-corrected chi connectivity index (χ2v) is 2.48. The van der Waals surface area contributed by atoms with Crippen LogP contribution < -0.4 is 0 Å². The highest BCUT2D eigenvalue weighted by molar-refractivity contribution is 5.72. The minimum absolute atomic E-state index is 0.0815. The number of fused-ring (bicyclic) bond motifs is 1. The second kappa shape index (κ2) is 3.26. The van der Waals surface area contributed by atoms with E-state index in [0.717, 1.165) is 5.52 Å². The molecule has 2 aromatic rings. The van der Waals surface area contributed by atoms with E-state index >= 15 is 0 Å². The molecule has 0 amide bonds. The number of ether oxygens (including phenoxy) is 1. The largest absolute Gasteiger partial charge is 0.458 e. The number of rotatable bonds is 3. The van der Waals surface area contributed by atoms with Gasteiger partial charge in [-0.15, -0.1) is 0 Å². The molecule has 0 saturated heterocycles. The third-order valence-electron chi connectivity index (χ3n) is 1.61. The van der Waals surface area contributed by atoms with Crippen LogP contribution >= 0.6 is 0 Å². The molecule has 0 atom stereocenters. The van der Waals surface area contributed by atoms with Gasteiger partial charge in [-0.2, -0.15) is 0 Å². The first-order valence-electron chi connectivity index (χ1n) is 3.80. The zero-order valence-corrected chi connectivity index (χ0v) is 6.77. The van der Waals surface area contributed by atoms with E-state index < -0.39 is 0 Å². The molecule has 0 aliphatic carbocycles. The maximum Gasteiger partial charge on any atom is 0.293 e. The van der Waals surface area contributed by atoms with Crippen molar-refractivity contribution in [3.63, 3.8) is 0 Å². The van der Waals surface area contributed by atoms with Crippen LogP contribution in [0.3, 0.4) is 0 Å². The summed E-state index contributed by atoms with van der Waals surface area (Å²) < 4.78 is 9.79. The Balaban J connectivity index is 2.32. The molecule has 0 aliphatic rings. The van der Waals surface area contributed by atoms with E-state index in [9.17, 15) is 4.79 Å². The Labute approximate surface area is 74.1 Å². The van der Waals surface area contributed by atoms with Gasteiger partial charge in [-0.1, -0.05) is 12.1 Å². The normalized spacial score (nSPS) is 10.2. The molecule has 13 heavy (non-hydrogen) atoms. The van der Waals surface area contributed by atoms with Crippen molar-refractivity contribution in [2.75, 3.05) is 0 Å². The van der Waals surface area contributed by atoms with Crippen LogP contribution in [0.15, 0.2) is 28.7 Å². The Bertz CT molecular complexity index is 388. The molecule has 4 heteroatoms. The fraction of sp³-hybridized carbons (Fsp3) is 0.111. The first-order valence-corrected chi connectivity index (χ1v) is 3.80. The fourth-order valence-corrected chi connectivity index (χ4v) is 1.09. The lowest BCUT2D eigenvalue weighted by Gasteiger charge is -1.89. The summed E-state index contributed by atoms with van der Waals surface area (Å²) in [7, 11) is 0. The number of nitrogens with zero attached hydrogens (tertiary/aromatic N) is 1. The molecule has 1 aromatic carbocycles. The van der Waals surface area contributed by atoms with Gasteiger partial charge in [0.05, 0.1) is 0 Å². The fourth-order valence-electron chi connectivity index (χ4n) is 1.09. The molecule has 0 fully saturated rings. The number of oxazole rings is 1. The van der Waals surface area contributed by atoms with Crippen molar-refractivity contribution in [2.24, 2.45) is 0 Å². The summed E-state index contributed by atoms with van der Waals surface area (Å²) in [5.74, 6) is 0.410. The molecule has 0 saturated carbocycles. The van der Waals surface area contributed by atoms with Crippen molar-refractivity contribution < 1.29 is 13.9 Å². The van der Waals surface area contributed by atoms with Gasteiger partial charge in [-0.3, -0.25) is 4.79 Å². The minimum Gasteiger partial charge on any atom is -0.458 e. The highest BCUT2D eigenvalue weighted by Crippen LogP contribution is 2.14. The monoisotopic (exact) mass is 177 g/mol. The van der Waals surface area contributed by atoms with Crippen LogP contribution in [0.2, 0.25) is 0 Å². The Morgan fingerprint density at radius 2 is 2.31 bits per heavy atom. The van der Waals surface area contributed by atoms with Crippen molar-refractivity contribution in [1.29, 1.82) is 0 Å². The standard InChI is InChI=1S/C9H7NO3/c11-6-12-5-9-10-7-3-1-2-4-8(7)13-9/h1-4,6H,5H2. The molecule has 0 aliphatic heterocycles. The molecule has 2 rings (SSSR count). The van der Waals surface area contributed by atoms with Crippen molar-refractivity contribution in [2.45, 2.75) is 6.61 Å². The van der Waals surface area contributed by atoms with Gasteiger partial charge in [-0.25, -0.2) is 4.98 Å². The summed E-state index contributed by atoms with van der Waals surface area (Å²) >= 11 is 0. The lowest BCUT2D eigenvalue weighted by atomic mass is 10.3. The van der Waals surface area contributed by atoms with Crippen LogP contribution in [-0.4, -0.2) is 11.5 Å². The van der Waals surface area contributed by atoms with E-state index in [-0.39, 0.29) is 6.61 Å². The number of carbonyl (C=O) groups is 1. The molecule has 0 unspecified atom stereocenters. The van der Waals surface area contributed by atoms with E-state index in [0.29, 0.717) is 17.9 Å². The summed E-state index contributed by atoms with van der Waals surface area (Å²) in [4.78, 5) is 14.0. The van der Waals surface area contributed by atoms with Gasteiger partial charge in [0, 0.05) is 0 Å². The van der Waals surface area contributed by atoms with Crippen LogP contribution in [0, 0.1) is 0 Å². The predicted molar refractivity (Wildman–Crippen MR) is 44.9 cm³/mol. The molecule has 4 nitrogen and oxygen atoms in total. The third-order valence-corrected chi connectivity index (χ3v) is 1.61. The smallest absolute Gasteiger partial charge is 0.293 e. The topological polar surface area (TPSA) is 52.3 Å². The van der Waals surface area contributed by atoms with Crippen molar-refractivity contribution in [3.8, 4) is 0 Å². The van der Waals surface area contributed by atoms with Gasteiger partial charge in [0.25, 0.3) is 6.47 Å². The number of carbonyl (C=O) groups excluding carboxylic acids is 1. The van der Waals surface area contributed by atoms with Gasteiger partial charge < -0.3 is 9.15 Å². The van der Waals surface area contributed by atoms with Crippen LogP contribution in [0.4, 0.5) is 0 Å². The second-order valence-electron chi connectivity index (χ2n) is 2.48. The van der Waals surface area contributed by atoms with Crippen LogP contribution in [0.5, 0.6) is 0 Å². The quantitative estimate of drug-likeness (QED) is 0.666. The van der Waals surface area contributed by atoms with Gasteiger partial charge >= 0.3 is 0 Å². The average molecular weight is 177 g/mol. The van der Waals surface area contributed by atoms with Crippen molar-refractivity contribution >= 4 is 17.6 Å². The maximum atomic E-state index is 9.90. The summed E-state index contributed by atoms with van der Waals surface area (Å²) in [5, 5.41) is 0. The van der Waals surface area contributed by atoms with Crippen molar-refractivity contribution in [1.82, 2.24) is 4.98 Å². The van der Waals surface area contributed by atoms with E-state index in [2.05, 4.69) is 9.72 Å². The van der Waals surface area contributed by atoms with E-state index in [1.807, 2.05) is 24.3 Å². The molecule has 66 valence electrons. The summed E-state index contributed by atoms with van der Waals surface area (Å²) in [6.45, 7) is 0.451. The maximum absolute atomic E-state index is 9.90. The Kier molecular flexibility index (Phi) is 1.96. The zero-order valence-electron chi connectivity index (χ0n) is 6.77. The number of hydrogen-bond donors (Lipinski definition) is 0. The lowest BCUT2D eigenvalue weighted by molar-refractivity contribution is -0.130. The number of aromatic nitrogens is 1.